The summed E-state index contributed by atoms with van der Waals surface area (Å²) in [4.78, 5) is 0. The Bertz CT molecular complexity index is 833. The molecule has 3 nitrogen and oxygen atoms in total. The largest absolute Gasteiger partial charge is 0.455 e. The molecule has 2 atom stereocenters. The first kappa shape index (κ1) is 18.0. The fourth-order valence-electron chi connectivity index (χ4n) is 2.70. The monoisotopic (exact) mass is 376 g/mol. The van der Waals surface area contributed by atoms with Crippen molar-refractivity contribution in [1.82, 2.24) is 0 Å². The molecule has 0 radical (unpaired) electrons. The predicted octanol–water partition coefficient (Wildman–Crippen LogP) is 4.44. The fraction of sp³-hybridized carbons (Fsp3) is 0.200. The van der Waals surface area contributed by atoms with Crippen molar-refractivity contribution in [3.8, 4) is 11.3 Å². The molecule has 0 aliphatic heterocycles. The van der Waals surface area contributed by atoms with Gasteiger partial charge in [-0.25, -0.2) is 0 Å². The number of quaternary nitrogens is 1. The molecule has 2 aromatic carbocycles. The van der Waals surface area contributed by atoms with E-state index < -0.39 is 6.10 Å². The first-order valence-electron chi connectivity index (χ1n) is 8.15. The zero-order valence-electron chi connectivity index (χ0n) is 13.8. The number of furan rings is 1. The molecule has 1 heterocycles. The van der Waals surface area contributed by atoms with Gasteiger partial charge >= 0.3 is 0 Å². The van der Waals surface area contributed by atoms with Gasteiger partial charge in [-0.1, -0.05) is 53.5 Å². The van der Waals surface area contributed by atoms with Gasteiger partial charge in [0.05, 0.1) is 5.02 Å². The van der Waals surface area contributed by atoms with Crippen molar-refractivity contribution in [2.24, 2.45) is 0 Å². The van der Waals surface area contributed by atoms with E-state index in [1.54, 1.807) is 18.2 Å². The molecule has 25 heavy (non-hydrogen) atoms. The third-order valence-electron chi connectivity index (χ3n) is 4.19. The molecule has 5 heteroatoms. The Morgan fingerprint density at radius 2 is 1.80 bits per heavy atom. The van der Waals surface area contributed by atoms with Gasteiger partial charge in [0.15, 0.2) is 5.76 Å². The van der Waals surface area contributed by atoms with Gasteiger partial charge in [0, 0.05) is 10.6 Å². The lowest BCUT2D eigenvalue weighted by Gasteiger charge is -2.17. The van der Waals surface area contributed by atoms with Crippen LogP contribution in [0.1, 0.15) is 24.4 Å². The average molecular weight is 377 g/mol. The average Bonchev–Trinajstić information content (AvgIpc) is 3.10. The van der Waals surface area contributed by atoms with Gasteiger partial charge in [0.1, 0.15) is 24.5 Å². The van der Waals surface area contributed by atoms with E-state index in [-0.39, 0.29) is 6.04 Å². The highest BCUT2D eigenvalue weighted by Crippen LogP contribution is 2.31. The minimum Gasteiger partial charge on any atom is -0.455 e. The zero-order valence-corrected chi connectivity index (χ0v) is 15.3. The van der Waals surface area contributed by atoms with Crippen LogP contribution < -0.4 is 5.32 Å². The Balaban J connectivity index is 1.65. The highest BCUT2D eigenvalue weighted by atomic mass is 35.5. The Labute approximate surface area is 157 Å². The summed E-state index contributed by atoms with van der Waals surface area (Å²) in [5, 5.41) is 13.7. The maximum Gasteiger partial charge on any atom is 0.158 e. The van der Waals surface area contributed by atoms with Crippen LogP contribution in [0.25, 0.3) is 11.3 Å². The molecule has 130 valence electrons. The summed E-state index contributed by atoms with van der Waals surface area (Å²) >= 11 is 12.3. The maximum absolute atomic E-state index is 10.4. The summed E-state index contributed by atoms with van der Waals surface area (Å²) < 4.78 is 5.89. The minimum absolute atomic E-state index is 0.00528. The third-order valence-corrected chi connectivity index (χ3v) is 4.75. The summed E-state index contributed by atoms with van der Waals surface area (Å²) in [5.74, 6) is 1.50. The van der Waals surface area contributed by atoms with Crippen LogP contribution in [0, 0.1) is 0 Å². The number of hydrogen-bond acceptors (Lipinski definition) is 2. The van der Waals surface area contributed by atoms with E-state index in [1.807, 2.05) is 49.4 Å². The van der Waals surface area contributed by atoms with Crippen LogP contribution in [0.15, 0.2) is 65.1 Å². The van der Waals surface area contributed by atoms with Gasteiger partial charge in [-0.15, -0.1) is 0 Å². The minimum atomic E-state index is -0.530. The third kappa shape index (κ3) is 4.44. The van der Waals surface area contributed by atoms with Crippen LogP contribution >= 0.6 is 23.2 Å². The molecular weight excluding hydrogens is 357 g/mol. The van der Waals surface area contributed by atoms with E-state index in [1.165, 1.54) is 0 Å². The van der Waals surface area contributed by atoms with E-state index >= 15 is 0 Å². The fourth-order valence-corrected chi connectivity index (χ4v) is 3.09. The predicted molar refractivity (Wildman–Crippen MR) is 101 cm³/mol. The van der Waals surface area contributed by atoms with Crippen LogP contribution in [0.2, 0.25) is 10.0 Å². The van der Waals surface area contributed by atoms with Crippen molar-refractivity contribution < 1.29 is 14.8 Å². The number of aliphatic hydroxyl groups excluding tert-OH is 1. The molecule has 0 saturated heterocycles. The van der Waals surface area contributed by atoms with Crippen LogP contribution in [-0.2, 0) is 6.54 Å². The summed E-state index contributed by atoms with van der Waals surface area (Å²) in [6.45, 7) is 2.62. The zero-order chi connectivity index (χ0) is 17.8. The molecule has 3 aromatic rings. The number of benzene rings is 2. The van der Waals surface area contributed by atoms with Crippen molar-refractivity contribution >= 4 is 23.2 Å². The molecule has 3 rings (SSSR count). The molecule has 0 aliphatic carbocycles. The highest BCUT2D eigenvalue weighted by Gasteiger charge is 2.19. The number of halogens is 2. The number of nitrogens with two attached hydrogens (primary N) is 1. The van der Waals surface area contributed by atoms with Gasteiger partial charge in [-0.2, -0.15) is 0 Å². The van der Waals surface area contributed by atoms with Crippen molar-refractivity contribution in [2.45, 2.75) is 25.6 Å². The molecule has 0 bridgehead atoms. The van der Waals surface area contributed by atoms with Crippen molar-refractivity contribution in [2.75, 3.05) is 0 Å². The second-order valence-electron chi connectivity index (χ2n) is 6.04. The van der Waals surface area contributed by atoms with Gasteiger partial charge in [0.25, 0.3) is 0 Å². The van der Waals surface area contributed by atoms with Gasteiger partial charge in [0.2, 0.25) is 0 Å². The van der Waals surface area contributed by atoms with Crippen molar-refractivity contribution in [3.05, 3.63) is 82.0 Å². The molecular formula is C20H20Cl2NO2+. The Hall–Kier alpha value is -1.78. The lowest BCUT2D eigenvalue weighted by Crippen LogP contribution is -2.88. The van der Waals surface area contributed by atoms with Crippen LogP contribution in [0.3, 0.4) is 0 Å². The van der Waals surface area contributed by atoms with Crippen LogP contribution in [0.5, 0.6) is 0 Å². The van der Waals surface area contributed by atoms with Crippen molar-refractivity contribution in [1.29, 1.82) is 0 Å². The summed E-state index contributed by atoms with van der Waals surface area (Å²) in [6.07, 6.45) is -0.530. The molecule has 0 aliphatic rings. The van der Waals surface area contributed by atoms with Crippen molar-refractivity contribution in [3.63, 3.8) is 0 Å². The van der Waals surface area contributed by atoms with E-state index in [4.69, 9.17) is 27.6 Å². The maximum atomic E-state index is 10.4. The lowest BCUT2D eigenvalue weighted by molar-refractivity contribution is -0.710. The standard InChI is InChI=1S/C20H19Cl2NO2/c1-13(20(24)14-5-3-2-4-6-14)23-12-16-8-10-19(25-16)17-11-15(21)7-9-18(17)22/h2-11,13,20,23-24H,12H2,1H3/p+1/t13-,20+/m1/s1. The topological polar surface area (TPSA) is 50.0 Å². The second-order valence-corrected chi connectivity index (χ2v) is 6.89. The molecule has 0 saturated carbocycles. The second kappa shape index (κ2) is 8.07. The molecule has 0 amide bonds. The Morgan fingerprint density at radius 1 is 1.04 bits per heavy atom. The smallest absolute Gasteiger partial charge is 0.158 e. The number of hydrogen-bond donors (Lipinski definition) is 2. The molecule has 0 spiro atoms. The van der Waals surface area contributed by atoms with Gasteiger partial charge < -0.3 is 14.8 Å². The summed E-state index contributed by atoms with van der Waals surface area (Å²) in [5.41, 5.74) is 1.69. The quantitative estimate of drug-likeness (QED) is 0.667. The first-order chi connectivity index (χ1) is 12.0. The van der Waals surface area contributed by atoms with Crippen LogP contribution in [0.4, 0.5) is 0 Å². The molecule has 1 aromatic heterocycles. The van der Waals surface area contributed by atoms with E-state index in [0.717, 1.165) is 16.9 Å². The van der Waals surface area contributed by atoms with E-state index in [2.05, 4.69) is 5.32 Å². The number of rotatable bonds is 6. The SMILES string of the molecule is C[C@@H]([NH2+]Cc1ccc(-c2cc(Cl)ccc2Cl)o1)[C@H](O)c1ccccc1. The van der Waals surface area contributed by atoms with Gasteiger partial charge in [-0.05, 0) is 42.8 Å². The van der Waals surface area contributed by atoms with Crippen LogP contribution in [-0.4, -0.2) is 11.1 Å². The Kier molecular flexibility index (Phi) is 5.82. The van der Waals surface area contributed by atoms with Gasteiger partial charge in [-0.3, -0.25) is 0 Å². The lowest BCUT2D eigenvalue weighted by atomic mass is 10.0. The number of aliphatic hydroxyl groups is 1. The van der Waals surface area contributed by atoms with E-state index in [9.17, 15) is 5.11 Å². The summed E-state index contributed by atoms with van der Waals surface area (Å²) in [7, 11) is 0. The highest BCUT2D eigenvalue weighted by molar-refractivity contribution is 6.35. The molecule has 0 fully saturated rings. The first-order valence-corrected chi connectivity index (χ1v) is 8.90. The normalized spacial score (nSPS) is 13.6. The Morgan fingerprint density at radius 3 is 2.56 bits per heavy atom. The summed E-state index contributed by atoms with van der Waals surface area (Å²) in [6, 6.07) is 18.8. The molecule has 3 N–H and O–H groups in total. The van der Waals surface area contributed by atoms with E-state index in [0.29, 0.717) is 22.4 Å². The molecule has 0 unspecified atom stereocenters.